The Morgan fingerprint density at radius 3 is 2.59 bits per heavy atom. The van der Waals surface area contributed by atoms with Crippen molar-refractivity contribution in [3.8, 4) is 0 Å². The zero-order valence-electron chi connectivity index (χ0n) is 13.5. The van der Waals surface area contributed by atoms with Gasteiger partial charge in [0.2, 0.25) is 5.91 Å². The topological polar surface area (TPSA) is 70.7 Å². The second-order valence-electron chi connectivity index (χ2n) is 4.75. The lowest BCUT2D eigenvalue weighted by molar-refractivity contribution is -0.119. The molecular weight excluding hydrogens is 282 g/mol. The largest absolute Gasteiger partial charge is 0.383 e. The molecule has 0 aliphatic heterocycles. The van der Waals surface area contributed by atoms with Gasteiger partial charge >= 0.3 is 0 Å². The Kier molecular flexibility index (Phi) is 7.99. The molecule has 0 bridgehead atoms. The molecule has 0 aliphatic rings. The summed E-state index contributed by atoms with van der Waals surface area (Å²) in [6, 6.07) is 7.19. The van der Waals surface area contributed by atoms with Gasteiger partial charge < -0.3 is 20.3 Å². The molecule has 22 heavy (non-hydrogen) atoms. The lowest BCUT2D eigenvalue weighted by Gasteiger charge is -2.19. The quantitative estimate of drug-likeness (QED) is 0.676. The van der Waals surface area contributed by atoms with Crippen molar-refractivity contribution in [3.63, 3.8) is 0 Å². The van der Waals surface area contributed by atoms with E-state index in [-0.39, 0.29) is 18.4 Å². The summed E-state index contributed by atoms with van der Waals surface area (Å²) in [5.41, 5.74) is 1.37. The molecule has 0 saturated carbocycles. The van der Waals surface area contributed by atoms with Gasteiger partial charge in [-0.3, -0.25) is 9.59 Å². The number of hydrogen-bond donors (Lipinski definition) is 2. The Bertz CT molecular complexity index is 487. The number of amides is 2. The van der Waals surface area contributed by atoms with E-state index in [0.29, 0.717) is 31.8 Å². The number of nitrogens with zero attached hydrogens (tertiary/aromatic N) is 1. The fourth-order valence-electron chi connectivity index (χ4n) is 1.99. The number of carbonyl (C=O) groups excluding carboxylic acids is 2. The molecule has 1 aromatic rings. The van der Waals surface area contributed by atoms with Gasteiger partial charge in [-0.1, -0.05) is 6.07 Å². The van der Waals surface area contributed by atoms with E-state index in [2.05, 4.69) is 10.6 Å². The fourth-order valence-corrected chi connectivity index (χ4v) is 1.99. The molecule has 2 amide bonds. The van der Waals surface area contributed by atoms with Crippen LogP contribution >= 0.6 is 0 Å². The molecule has 0 heterocycles. The highest BCUT2D eigenvalue weighted by Crippen LogP contribution is 2.12. The summed E-state index contributed by atoms with van der Waals surface area (Å²) < 4.78 is 4.86. The smallest absolute Gasteiger partial charge is 0.253 e. The standard InChI is InChI=1S/C16H25N3O3/c1-4-19(5-2)16(21)13-7-6-8-14(11-13)18-12-15(20)17-9-10-22-3/h6-8,11,18H,4-5,9-10,12H2,1-3H3,(H,17,20). The molecule has 122 valence electrons. The first-order valence-electron chi connectivity index (χ1n) is 7.51. The zero-order chi connectivity index (χ0) is 16.4. The molecule has 0 saturated heterocycles. The number of benzene rings is 1. The van der Waals surface area contributed by atoms with E-state index in [1.807, 2.05) is 26.0 Å². The van der Waals surface area contributed by atoms with Gasteiger partial charge in [-0.2, -0.15) is 0 Å². The molecule has 1 aromatic carbocycles. The van der Waals surface area contributed by atoms with Crippen LogP contribution in [0.1, 0.15) is 24.2 Å². The van der Waals surface area contributed by atoms with Gasteiger partial charge in [0.1, 0.15) is 0 Å². The van der Waals surface area contributed by atoms with Gasteiger partial charge in [0, 0.05) is 38.0 Å². The number of hydrogen-bond acceptors (Lipinski definition) is 4. The third-order valence-electron chi connectivity index (χ3n) is 3.24. The van der Waals surface area contributed by atoms with Crippen LogP contribution in [0, 0.1) is 0 Å². The van der Waals surface area contributed by atoms with E-state index < -0.39 is 0 Å². The van der Waals surface area contributed by atoms with Gasteiger partial charge in [0.25, 0.3) is 5.91 Å². The third kappa shape index (κ3) is 5.73. The number of ether oxygens (including phenoxy) is 1. The van der Waals surface area contributed by atoms with Gasteiger partial charge in [-0.25, -0.2) is 0 Å². The van der Waals surface area contributed by atoms with Crippen LogP contribution < -0.4 is 10.6 Å². The van der Waals surface area contributed by atoms with Crippen molar-refractivity contribution in [1.82, 2.24) is 10.2 Å². The minimum Gasteiger partial charge on any atom is -0.383 e. The highest BCUT2D eigenvalue weighted by atomic mass is 16.5. The molecule has 6 nitrogen and oxygen atoms in total. The van der Waals surface area contributed by atoms with Gasteiger partial charge in [-0.05, 0) is 32.0 Å². The number of anilines is 1. The lowest BCUT2D eigenvalue weighted by atomic mass is 10.1. The molecule has 0 unspecified atom stereocenters. The second-order valence-corrected chi connectivity index (χ2v) is 4.75. The molecule has 6 heteroatoms. The Balaban J connectivity index is 2.57. The Morgan fingerprint density at radius 2 is 1.95 bits per heavy atom. The monoisotopic (exact) mass is 307 g/mol. The summed E-state index contributed by atoms with van der Waals surface area (Å²) in [5.74, 6) is -0.115. The van der Waals surface area contributed by atoms with E-state index >= 15 is 0 Å². The van der Waals surface area contributed by atoms with Crippen molar-refractivity contribution in [2.75, 3.05) is 45.2 Å². The highest BCUT2D eigenvalue weighted by molar-refractivity contribution is 5.95. The molecule has 2 N–H and O–H groups in total. The second kappa shape index (κ2) is 9.78. The molecule has 0 aliphatic carbocycles. The van der Waals surface area contributed by atoms with Crippen LogP contribution in [0.25, 0.3) is 0 Å². The van der Waals surface area contributed by atoms with E-state index in [4.69, 9.17) is 4.74 Å². The molecule has 0 radical (unpaired) electrons. The van der Waals surface area contributed by atoms with Crippen molar-refractivity contribution >= 4 is 17.5 Å². The first-order chi connectivity index (χ1) is 10.6. The SMILES string of the molecule is CCN(CC)C(=O)c1cccc(NCC(=O)NCCOC)c1. The van der Waals surface area contributed by atoms with Crippen molar-refractivity contribution < 1.29 is 14.3 Å². The summed E-state index contributed by atoms with van der Waals surface area (Å²) >= 11 is 0. The summed E-state index contributed by atoms with van der Waals surface area (Å²) in [6.07, 6.45) is 0. The molecule has 0 aromatic heterocycles. The van der Waals surface area contributed by atoms with Crippen LogP contribution in [0.2, 0.25) is 0 Å². The van der Waals surface area contributed by atoms with Crippen LogP contribution in [0.15, 0.2) is 24.3 Å². The van der Waals surface area contributed by atoms with E-state index in [0.717, 1.165) is 5.69 Å². The summed E-state index contributed by atoms with van der Waals surface area (Å²) in [6.45, 7) is 6.38. The van der Waals surface area contributed by atoms with Crippen LogP contribution in [0.4, 0.5) is 5.69 Å². The third-order valence-corrected chi connectivity index (χ3v) is 3.24. The van der Waals surface area contributed by atoms with Crippen molar-refractivity contribution in [1.29, 1.82) is 0 Å². The van der Waals surface area contributed by atoms with Crippen molar-refractivity contribution in [3.05, 3.63) is 29.8 Å². The Morgan fingerprint density at radius 1 is 1.23 bits per heavy atom. The average Bonchev–Trinajstić information content (AvgIpc) is 2.54. The minimum absolute atomic E-state index is 0.00167. The summed E-state index contributed by atoms with van der Waals surface area (Å²) in [5, 5.41) is 5.74. The lowest BCUT2D eigenvalue weighted by Crippen LogP contribution is -2.32. The predicted molar refractivity (Wildman–Crippen MR) is 87.1 cm³/mol. The average molecular weight is 307 g/mol. The Labute approximate surface area is 131 Å². The maximum atomic E-state index is 12.3. The molecule has 1 rings (SSSR count). The first kappa shape index (κ1) is 18.0. The maximum Gasteiger partial charge on any atom is 0.253 e. The van der Waals surface area contributed by atoms with Crippen LogP contribution in [-0.2, 0) is 9.53 Å². The first-order valence-corrected chi connectivity index (χ1v) is 7.51. The summed E-state index contributed by atoms with van der Waals surface area (Å²) in [4.78, 5) is 25.6. The number of carbonyl (C=O) groups is 2. The van der Waals surface area contributed by atoms with Gasteiger partial charge in [0.15, 0.2) is 0 Å². The van der Waals surface area contributed by atoms with E-state index in [1.165, 1.54) is 0 Å². The van der Waals surface area contributed by atoms with Crippen LogP contribution in [0.3, 0.4) is 0 Å². The molecule has 0 fully saturated rings. The molecule has 0 atom stereocenters. The van der Waals surface area contributed by atoms with Gasteiger partial charge in [-0.15, -0.1) is 0 Å². The van der Waals surface area contributed by atoms with E-state index in [1.54, 1.807) is 24.1 Å². The minimum atomic E-state index is -0.113. The predicted octanol–water partition coefficient (Wildman–Crippen LogP) is 1.34. The number of methoxy groups -OCH3 is 1. The van der Waals surface area contributed by atoms with Crippen molar-refractivity contribution in [2.24, 2.45) is 0 Å². The van der Waals surface area contributed by atoms with Crippen LogP contribution in [-0.4, -0.2) is 56.6 Å². The van der Waals surface area contributed by atoms with Crippen LogP contribution in [0.5, 0.6) is 0 Å². The number of rotatable bonds is 9. The maximum absolute atomic E-state index is 12.3. The Hall–Kier alpha value is -2.08. The van der Waals surface area contributed by atoms with Crippen molar-refractivity contribution in [2.45, 2.75) is 13.8 Å². The number of nitrogens with one attached hydrogen (secondary N) is 2. The fraction of sp³-hybridized carbons (Fsp3) is 0.500. The van der Waals surface area contributed by atoms with E-state index in [9.17, 15) is 9.59 Å². The molecular formula is C16H25N3O3. The van der Waals surface area contributed by atoms with Gasteiger partial charge in [0.05, 0.1) is 13.2 Å². The highest BCUT2D eigenvalue weighted by Gasteiger charge is 2.12. The molecule has 0 spiro atoms. The summed E-state index contributed by atoms with van der Waals surface area (Å²) in [7, 11) is 1.59. The zero-order valence-corrected chi connectivity index (χ0v) is 13.5. The normalized spacial score (nSPS) is 10.1.